The average Bonchev–Trinajstić information content (AvgIpc) is 2.01. The Kier molecular flexibility index (Phi) is 3.10. The van der Waals surface area contributed by atoms with E-state index >= 15 is 0 Å². The highest BCUT2D eigenvalue weighted by molar-refractivity contribution is 5.87. The average molecular weight is 190 g/mol. The van der Waals surface area contributed by atoms with E-state index in [1.165, 1.54) is 0 Å². The molecule has 0 aliphatic heterocycles. The molecule has 14 heavy (non-hydrogen) atoms. The summed E-state index contributed by atoms with van der Waals surface area (Å²) in [5, 5.41) is 0. The predicted molar refractivity (Wildman–Crippen MR) is 60.0 cm³/mol. The van der Waals surface area contributed by atoms with Crippen molar-refractivity contribution < 1.29 is 4.79 Å². The van der Waals surface area contributed by atoms with E-state index in [0.717, 1.165) is 12.0 Å². The molecule has 0 bridgehead atoms. The maximum atomic E-state index is 10.9. The summed E-state index contributed by atoms with van der Waals surface area (Å²) < 4.78 is 0. The Morgan fingerprint density at radius 1 is 1.64 bits per heavy atom. The molecule has 0 amide bonds. The van der Waals surface area contributed by atoms with E-state index in [-0.39, 0.29) is 17.1 Å². The van der Waals surface area contributed by atoms with Gasteiger partial charge in [0.05, 0.1) is 0 Å². The molecule has 1 atom stereocenters. The van der Waals surface area contributed by atoms with Gasteiger partial charge >= 0.3 is 0 Å². The van der Waals surface area contributed by atoms with Gasteiger partial charge in [-0.1, -0.05) is 38.7 Å². The zero-order valence-electron chi connectivity index (χ0n) is 9.21. The van der Waals surface area contributed by atoms with Gasteiger partial charge in [-0.2, -0.15) is 0 Å². The van der Waals surface area contributed by atoms with Crippen LogP contribution in [0.5, 0.6) is 0 Å². The second-order valence-corrected chi connectivity index (χ2v) is 4.62. The molecule has 1 nitrogen and oxygen atoms in total. The van der Waals surface area contributed by atoms with Gasteiger partial charge in [-0.15, -0.1) is 0 Å². The van der Waals surface area contributed by atoms with Crippen LogP contribution in [0.25, 0.3) is 0 Å². The summed E-state index contributed by atoms with van der Waals surface area (Å²) in [6.45, 7) is 10.0. The van der Waals surface area contributed by atoms with Gasteiger partial charge in [-0.3, -0.25) is 4.79 Å². The number of hydrogen-bond acceptors (Lipinski definition) is 1. The van der Waals surface area contributed by atoms with Gasteiger partial charge < -0.3 is 0 Å². The fraction of sp³-hybridized carbons (Fsp3) is 0.462. The standard InChI is InChI=1S/C13H18O/c1-10-6-5-9-13(3,4)12(10)8-7-11(2)14/h5-8,12H,1,9H2,2-4H3/b8-7+/t12-/m0/s1. The molecular formula is C13H18O. The van der Waals surface area contributed by atoms with E-state index in [2.05, 4.69) is 32.6 Å². The monoisotopic (exact) mass is 190 g/mol. The first-order valence-corrected chi connectivity index (χ1v) is 4.97. The molecule has 1 aliphatic rings. The molecule has 1 heteroatoms. The molecule has 0 heterocycles. The molecule has 0 radical (unpaired) electrons. The van der Waals surface area contributed by atoms with E-state index in [0.29, 0.717) is 0 Å². The molecule has 0 spiro atoms. The highest BCUT2D eigenvalue weighted by Gasteiger charge is 2.30. The Hall–Kier alpha value is -1.11. The number of carbonyl (C=O) groups excluding carboxylic acids is 1. The van der Waals surface area contributed by atoms with Gasteiger partial charge in [0.25, 0.3) is 0 Å². The number of allylic oxidation sites excluding steroid dienone is 5. The molecule has 0 aromatic heterocycles. The maximum Gasteiger partial charge on any atom is 0.152 e. The zero-order chi connectivity index (χ0) is 10.8. The van der Waals surface area contributed by atoms with Gasteiger partial charge in [-0.25, -0.2) is 0 Å². The van der Waals surface area contributed by atoms with Crippen LogP contribution in [-0.2, 0) is 4.79 Å². The van der Waals surface area contributed by atoms with Gasteiger partial charge in [0.1, 0.15) is 0 Å². The van der Waals surface area contributed by atoms with Crippen LogP contribution in [0, 0.1) is 11.3 Å². The second-order valence-electron chi connectivity index (χ2n) is 4.62. The van der Waals surface area contributed by atoms with Crippen molar-refractivity contribution in [3.8, 4) is 0 Å². The quantitative estimate of drug-likeness (QED) is 0.611. The highest BCUT2D eigenvalue weighted by atomic mass is 16.1. The molecule has 0 unspecified atom stereocenters. The number of rotatable bonds is 2. The normalized spacial score (nSPS) is 25.6. The van der Waals surface area contributed by atoms with Crippen LogP contribution in [0.2, 0.25) is 0 Å². The minimum atomic E-state index is 0.100. The summed E-state index contributed by atoms with van der Waals surface area (Å²) >= 11 is 0. The van der Waals surface area contributed by atoms with Gasteiger partial charge in [0.15, 0.2) is 5.78 Å². The van der Waals surface area contributed by atoms with Crippen LogP contribution in [0.3, 0.4) is 0 Å². The topological polar surface area (TPSA) is 17.1 Å². The first kappa shape index (κ1) is 11.0. The fourth-order valence-electron chi connectivity index (χ4n) is 1.86. The number of carbonyl (C=O) groups is 1. The third-order valence-electron chi connectivity index (χ3n) is 2.74. The summed E-state index contributed by atoms with van der Waals surface area (Å²) in [6, 6.07) is 0. The molecule has 0 aromatic rings. The summed E-state index contributed by atoms with van der Waals surface area (Å²) in [4.78, 5) is 10.9. The molecule has 1 aliphatic carbocycles. The fourth-order valence-corrected chi connectivity index (χ4v) is 1.86. The Balaban J connectivity index is 2.88. The zero-order valence-corrected chi connectivity index (χ0v) is 9.21. The van der Waals surface area contributed by atoms with E-state index in [9.17, 15) is 4.79 Å². The summed E-state index contributed by atoms with van der Waals surface area (Å²) in [5.74, 6) is 0.388. The lowest BCUT2D eigenvalue weighted by Gasteiger charge is -2.35. The van der Waals surface area contributed by atoms with Gasteiger partial charge in [0.2, 0.25) is 0 Å². The van der Waals surface area contributed by atoms with Crippen molar-refractivity contribution in [1.29, 1.82) is 0 Å². The highest BCUT2D eigenvalue weighted by Crippen LogP contribution is 2.40. The first-order chi connectivity index (χ1) is 6.43. The van der Waals surface area contributed by atoms with Crippen LogP contribution >= 0.6 is 0 Å². The first-order valence-electron chi connectivity index (χ1n) is 4.97. The van der Waals surface area contributed by atoms with Crippen LogP contribution in [0.15, 0.2) is 36.5 Å². The lowest BCUT2D eigenvalue weighted by Crippen LogP contribution is -2.25. The maximum absolute atomic E-state index is 10.9. The van der Waals surface area contributed by atoms with Crippen LogP contribution in [0.4, 0.5) is 0 Å². The largest absolute Gasteiger partial charge is 0.295 e. The van der Waals surface area contributed by atoms with Crippen molar-refractivity contribution in [2.24, 2.45) is 11.3 Å². The Bertz CT molecular complexity index is 305. The SMILES string of the molecule is C=C1C=CCC(C)(C)[C@H]1/C=C/C(C)=O. The van der Waals surface area contributed by atoms with Crippen molar-refractivity contribution in [1.82, 2.24) is 0 Å². The Labute approximate surface area is 86.2 Å². The molecule has 76 valence electrons. The van der Waals surface area contributed by atoms with E-state index in [4.69, 9.17) is 0 Å². The smallest absolute Gasteiger partial charge is 0.152 e. The molecule has 0 saturated carbocycles. The van der Waals surface area contributed by atoms with Crippen molar-refractivity contribution >= 4 is 5.78 Å². The third-order valence-corrected chi connectivity index (χ3v) is 2.74. The van der Waals surface area contributed by atoms with E-state index in [1.54, 1.807) is 13.0 Å². The Morgan fingerprint density at radius 2 is 2.29 bits per heavy atom. The van der Waals surface area contributed by atoms with Gasteiger partial charge in [0, 0.05) is 5.92 Å². The number of ketones is 1. The lowest BCUT2D eigenvalue weighted by atomic mass is 9.69. The summed E-state index contributed by atoms with van der Waals surface area (Å²) in [7, 11) is 0. The number of hydrogen-bond donors (Lipinski definition) is 0. The summed E-state index contributed by atoms with van der Waals surface area (Å²) in [5.41, 5.74) is 1.27. The van der Waals surface area contributed by atoms with Crippen molar-refractivity contribution in [2.45, 2.75) is 27.2 Å². The predicted octanol–water partition coefficient (Wildman–Crippen LogP) is 3.29. The molecule has 0 N–H and O–H groups in total. The minimum absolute atomic E-state index is 0.100. The van der Waals surface area contributed by atoms with Crippen LogP contribution in [0.1, 0.15) is 27.2 Å². The van der Waals surface area contributed by atoms with Crippen molar-refractivity contribution in [2.75, 3.05) is 0 Å². The van der Waals surface area contributed by atoms with E-state index < -0.39 is 0 Å². The second kappa shape index (κ2) is 3.95. The van der Waals surface area contributed by atoms with Gasteiger partial charge in [-0.05, 0) is 30.4 Å². The van der Waals surface area contributed by atoms with Crippen molar-refractivity contribution in [3.63, 3.8) is 0 Å². The molecule has 0 fully saturated rings. The van der Waals surface area contributed by atoms with E-state index in [1.807, 2.05) is 6.08 Å². The Morgan fingerprint density at radius 3 is 2.79 bits per heavy atom. The molecular weight excluding hydrogens is 172 g/mol. The third kappa shape index (κ3) is 2.44. The minimum Gasteiger partial charge on any atom is -0.295 e. The molecule has 0 aromatic carbocycles. The van der Waals surface area contributed by atoms with Crippen LogP contribution in [-0.4, -0.2) is 5.78 Å². The summed E-state index contributed by atoms with van der Waals surface area (Å²) in [6.07, 6.45) is 8.88. The lowest BCUT2D eigenvalue weighted by molar-refractivity contribution is -0.112. The van der Waals surface area contributed by atoms with Crippen molar-refractivity contribution in [3.05, 3.63) is 36.5 Å². The van der Waals surface area contributed by atoms with Crippen LogP contribution < -0.4 is 0 Å². The molecule has 1 rings (SSSR count). The molecule has 0 saturated heterocycles.